The standard InChI is InChI=1S/C27H16O6/c28-24-18(26(30)32-20-11-9-14-5-1-3-7-16(14)22(20)24)13-19-25(29)23-17-8-4-2-6-15(17)10-12-21(23)33-27(19)31/h1-12,28-29H,13H2. The molecular formula is C27H16O6. The Morgan fingerprint density at radius 2 is 1.00 bits per heavy atom. The minimum Gasteiger partial charge on any atom is -0.507 e. The normalized spacial score (nSPS) is 11.6. The number of hydrogen-bond acceptors (Lipinski definition) is 6. The molecule has 0 aliphatic heterocycles. The van der Waals surface area contributed by atoms with Gasteiger partial charge in [0.15, 0.2) is 0 Å². The average molecular weight is 436 g/mol. The lowest BCUT2D eigenvalue weighted by molar-refractivity contribution is 0.448. The highest BCUT2D eigenvalue weighted by atomic mass is 16.4. The molecule has 0 saturated carbocycles. The average Bonchev–Trinajstić information content (AvgIpc) is 2.82. The van der Waals surface area contributed by atoms with Gasteiger partial charge in [-0.05, 0) is 33.7 Å². The maximum atomic E-state index is 12.8. The van der Waals surface area contributed by atoms with Gasteiger partial charge in [0.05, 0.1) is 21.9 Å². The van der Waals surface area contributed by atoms with Crippen molar-refractivity contribution < 1.29 is 19.0 Å². The Kier molecular flexibility index (Phi) is 4.04. The van der Waals surface area contributed by atoms with Gasteiger partial charge >= 0.3 is 11.3 Å². The molecule has 0 amide bonds. The van der Waals surface area contributed by atoms with Crippen molar-refractivity contribution >= 4 is 43.5 Å². The fourth-order valence-electron chi connectivity index (χ4n) is 4.47. The van der Waals surface area contributed by atoms with Crippen molar-refractivity contribution in [1.29, 1.82) is 0 Å². The largest absolute Gasteiger partial charge is 0.507 e. The van der Waals surface area contributed by atoms with Crippen molar-refractivity contribution in [2.45, 2.75) is 6.42 Å². The number of hydrogen-bond donors (Lipinski definition) is 2. The van der Waals surface area contributed by atoms with Crippen LogP contribution in [0.5, 0.6) is 11.5 Å². The van der Waals surface area contributed by atoms with Gasteiger partial charge in [0.25, 0.3) is 0 Å². The minimum atomic E-state index is -0.785. The van der Waals surface area contributed by atoms with E-state index >= 15 is 0 Å². The zero-order chi connectivity index (χ0) is 22.7. The van der Waals surface area contributed by atoms with Crippen LogP contribution in [0.15, 0.2) is 91.2 Å². The van der Waals surface area contributed by atoms with Crippen LogP contribution >= 0.6 is 0 Å². The molecule has 2 aromatic heterocycles. The second-order valence-corrected chi connectivity index (χ2v) is 7.93. The number of benzene rings is 4. The molecule has 160 valence electrons. The molecule has 0 fully saturated rings. The summed E-state index contributed by atoms with van der Waals surface area (Å²) in [5, 5.41) is 26.0. The highest BCUT2D eigenvalue weighted by molar-refractivity contribution is 6.10. The third kappa shape index (κ3) is 2.81. The van der Waals surface area contributed by atoms with E-state index in [4.69, 9.17) is 8.83 Å². The predicted octanol–water partition coefficient (Wildman–Crippen LogP) is 5.21. The zero-order valence-electron chi connectivity index (χ0n) is 17.2. The van der Waals surface area contributed by atoms with Crippen LogP contribution in [-0.4, -0.2) is 10.2 Å². The first-order chi connectivity index (χ1) is 16.0. The first-order valence-electron chi connectivity index (χ1n) is 10.4. The quantitative estimate of drug-likeness (QED) is 0.286. The highest BCUT2D eigenvalue weighted by Crippen LogP contribution is 2.37. The Morgan fingerprint density at radius 1 is 0.576 bits per heavy atom. The SMILES string of the molecule is O=c1oc2ccc3ccccc3c2c(O)c1Cc1c(O)c2c(ccc3ccccc32)oc1=O. The molecule has 0 bridgehead atoms. The second kappa shape index (κ2) is 6.97. The van der Waals surface area contributed by atoms with Crippen molar-refractivity contribution in [1.82, 2.24) is 0 Å². The van der Waals surface area contributed by atoms with Crippen LogP contribution < -0.4 is 11.3 Å². The van der Waals surface area contributed by atoms with Crippen LogP contribution in [0.2, 0.25) is 0 Å². The third-order valence-corrected chi connectivity index (χ3v) is 6.08. The molecule has 6 nitrogen and oxygen atoms in total. The lowest BCUT2D eigenvalue weighted by Gasteiger charge is -2.11. The third-order valence-electron chi connectivity index (χ3n) is 6.08. The number of rotatable bonds is 2. The summed E-state index contributed by atoms with van der Waals surface area (Å²) in [5.41, 5.74) is -1.34. The molecule has 4 aromatic carbocycles. The van der Waals surface area contributed by atoms with Crippen LogP contribution in [0.1, 0.15) is 11.1 Å². The van der Waals surface area contributed by atoms with E-state index in [2.05, 4.69) is 0 Å². The minimum absolute atomic E-state index is 0.124. The predicted molar refractivity (Wildman–Crippen MR) is 126 cm³/mol. The molecule has 2 N–H and O–H groups in total. The van der Waals surface area contributed by atoms with Gasteiger partial charge in [0.1, 0.15) is 22.7 Å². The molecule has 0 aliphatic rings. The van der Waals surface area contributed by atoms with Crippen LogP contribution in [0.3, 0.4) is 0 Å². The maximum Gasteiger partial charge on any atom is 0.343 e. The molecule has 0 aliphatic carbocycles. The fourth-order valence-corrected chi connectivity index (χ4v) is 4.47. The van der Waals surface area contributed by atoms with E-state index in [0.717, 1.165) is 10.8 Å². The molecule has 6 rings (SSSR count). The van der Waals surface area contributed by atoms with Crippen molar-refractivity contribution in [3.8, 4) is 11.5 Å². The smallest absolute Gasteiger partial charge is 0.343 e. The monoisotopic (exact) mass is 436 g/mol. The molecule has 0 spiro atoms. The molecule has 0 atom stereocenters. The lowest BCUT2D eigenvalue weighted by atomic mass is 9.98. The first kappa shape index (κ1) is 19.1. The van der Waals surface area contributed by atoms with Crippen LogP contribution in [-0.2, 0) is 6.42 Å². The van der Waals surface area contributed by atoms with Gasteiger partial charge in [-0.2, -0.15) is 0 Å². The fraction of sp³-hybridized carbons (Fsp3) is 0.0370. The van der Waals surface area contributed by atoms with Crippen LogP contribution in [0, 0.1) is 0 Å². The summed E-state index contributed by atoms with van der Waals surface area (Å²) in [6.45, 7) is 0. The van der Waals surface area contributed by atoms with E-state index in [0.29, 0.717) is 21.5 Å². The Morgan fingerprint density at radius 3 is 1.45 bits per heavy atom. The van der Waals surface area contributed by atoms with Gasteiger partial charge in [-0.15, -0.1) is 0 Å². The van der Waals surface area contributed by atoms with Crippen molar-refractivity contribution in [2.75, 3.05) is 0 Å². The topological polar surface area (TPSA) is 101 Å². The number of aromatic hydroxyl groups is 2. The molecule has 0 saturated heterocycles. The molecule has 0 radical (unpaired) electrons. The zero-order valence-corrected chi connectivity index (χ0v) is 17.2. The maximum absolute atomic E-state index is 12.8. The summed E-state index contributed by atoms with van der Waals surface area (Å²) in [5.74, 6) is -0.565. The van der Waals surface area contributed by atoms with E-state index in [-0.39, 0.29) is 40.2 Å². The molecule has 33 heavy (non-hydrogen) atoms. The Balaban J connectivity index is 1.63. The van der Waals surface area contributed by atoms with E-state index in [1.54, 1.807) is 24.3 Å². The van der Waals surface area contributed by atoms with Crippen molar-refractivity contribution in [3.63, 3.8) is 0 Å². The van der Waals surface area contributed by atoms with E-state index in [1.165, 1.54) is 0 Å². The van der Waals surface area contributed by atoms with E-state index < -0.39 is 11.3 Å². The van der Waals surface area contributed by atoms with Crippen LogP contribution in [0.25, 0.3) is 43.5 Å². The summed E-state index contributed by atoms with van der Waals surface area (Å²) in [6.07, 6.45) is -0.347. The molecule has 0 unspecified atom stereocenters. The van der Waals surface area contributed by atoms with Gasteiger partial charge in [0.2, 0.25) is 0 Å². The van der Waals surface area contributed by atoms with Gasteiger partial charge in [-0.3, -0.25) is 0 Å². The van der Waals surface area contributed by atoms with Gasteiger partial charge in [-0.25, -0.2) is 9.59 Å². The molecular weight excluding hydrogens is 420 g/mol. The van der Waals surface area contributed by atoms with Crippen molar-refractivity contribution in [3.05, 3.63) is 105 Å². The van der Waals surface area contributed by atoms with Crippen molar-refractivity contribution in [2.24, 2.45) is 0 Å². The molecule has 6 heteroatoms. The van der Waals surface area contributed by atoms with E-state index in [1.807, 2.05) is 48.5 Å². The molecule has 6 aromatic rings. The Labute approximate surface area is 185 Å². The Bertz CT molecular complexity index is 1720. The Hall–Kier alpha value is -4.58. The summed E-state index contributed by atoms with van der Waals surface area (Å²) in [7, 11) is 0. The summed E-state index contributed by atoms with van der Waals surface area (Å²) in [6, 6.07) is 21.6. The highest BCUT2D eigenvalue weighted by Gasteiger charge is 2.22. The van der Waals surface area contributed by atoms with Gasteiger partial charge < -0.3 is 19.0 Å². The van der Waals surface area contributed by atoms with Gasteiger partial charge in [0, 0.05) is 6.42 Å². The summed E-state index contributed by atoms with van der Waals surface area (Å²) in [4.78, 5) is 25.5. The first-order valence-corrected chi connectivity index (χ1v) is 10.4. The summed E-state index contributed by atoms with van der Waals surface area (Å²) >= 11 is 0. The lowest BCUT2D eigenvalue weighted by Crippen LogP contribution is -2.14. The molecule has 2 heterocycles. The van der Waals surface area contributed by atoms with E-state index in [9.17, 15) is 19.8 Å². The second-order valence-electron chi connectivity index (χ2n) is 7.93. The number of fused-ring (bicyclic) bond motifs is 6. The summed E-state index contributed by atoms with van der Waals surface area (Å²) < 4.78 is 10.9. The van der Waals surface area contributed by atoms with Gasteiger partial charge in [-0.1, -0.05) is 60.7 Å². The van der Waals surface area contributed by atoms with Crippen LogP contribution in [0.4, 0.5) is 0 Å².